The van der Waals surface area contributed by atoms with E-state index in [-0.39, 0.29) is 18.1 Å². The van der Waals surface area contributed by atoms with E-state index in [1.54, 1.807) is 0 Å². The molecular weight excluding hydrogens is 408 g/mol. The molecule has 166 valence electrons. The van der Waals surface area contributed by atoms with Gasteiger partial charge in [0, 0.05) is 56.4 Å². The summed E-state index contributed by atoms with van der Waals surface area (Å²) in [6.07, 6.45) is 4.02. The summed E-state index contributed by atoms with van der Waals surface area (Å²) in [5, 5.41) is 7.18. The third-order valence-corrected chi connectivity index (χ3v) is 6.67. The molecule has 5 nitrogen and oxygen atoms in total. The van der Waals surface area contributed by atoms with Crippen LogP contribution in [-0.4, -0.2) is 54.1 Å². The zero-order valence-corrected chi connectivity index (χ0v) is 18.9. The fraction of sp³-hybridized carbons (Fsp3) is 0.480. The molecule has 31 heavy (non-hydrogen) atoms. The predicted octanol–water partition coefficient (Wildman–Crippen LogP) is 4.27. The zero-order chi connectivity index (χ0) is 21.5. The average Bonchev–Trinajstić information content (AvgIpc) is 2.79. The van der Waals surface area contributed by atoms with E-state index in [1.807, 2.05) is 12.1 Å². The molecule has 2 aliphatic rings. The van der Waals surface area contributed by atoms with Gasteiger partial charge < -0.3 is 10.6 Å². The van der Waals surface area contributed by atoms with Crippen LogP contribution < -0.4 is 10.6 Å². The summed E-state index contributed by atoms with van der Waals surface area (Å²) in [6.45, 7) is 6.01. The summed E-state index contributed by atoms with van der Waals surface area (Å²) in [4.78, 5) is 17.4. The van der Waals surface area contributed by atoms with Gasteiger partial charge in [0.2, 0.25) is 0 Å². The van der Waals surface area contributed by atoms with Crippen molar-refractivity contribution >= 4 is 17.6 Å². The lowest BCUT2D eigenvalue weighted by Crippen LogP contribution is -2.52. The van der Waals surface area contributed by atoms with Crippen LogP contribution in [0.3, 0.4) is 0 Å². The van der Waals surface area contributed by atoms with Crippen molar-refractivity contribution in [1.29, 1.82) is 0 Å². The molecule has 2 N–H and O–H groups in total. The Morgan fingerprint density at radius 3 is 1.68 bits per heavy atom. The van der Waals surface area contributed by atoms with Crippen LogP contribution in [0.1, 0.15) is 36.8 Å². The number of hydrogen-bond acceptors (Lipinski definition) is 3. The highest BCUT2D eigenvalue weighted by atomic mass is 35.5. The molecule has 2 aromatic rings. The minimum Gasteiger partial charge on any atom is -0.335 e. The van der Waals surface area contributed by atoms with E-state index < -0.39 is 0 Å². The largest absolute Gasteiger partial charge is 0.335 e. The standard InChI is InChI=1S/C25H33ClN4O/c26-22-8-6-21(7-9-22)19-30-16-12-24(13-17-30)28-25(31)27-23-10-14-29(15-11-23)18-20-4-2-1-3-5-20/h1-9,23-24H,10-19H2,(H2,27,28,31). The Hall–Kier alpha value is -2.08. The van der Waals surface area contributed by atoms with Crippen LogP contribution in [0.2, 0.25) is 5.02 Å². The Morgan fingerprint density at radius 2 is 1.19 bits per heavy atom. The highest BCUT2D eigenvalue weighted by Gasteiger charge is 2.24. The first kappa shape index (κ1) is 22.1. The Kier molecular flexibility index (Phi) is 7.84. The van der Waals surface area contributed by atoms with Gasteiger partial charge in [0.1, 0.15) is 0 Å². The molecule has 0 aromatic heterocycles. The van der Waals surface area contributed by atoms with Gasteiger partial charge in [-0.2, -0.15) is 0 Å². The van der Waals surface area contributed by atoms with Crippen molar-refractivity contribution in [3.63, 3.8) is 0 Å². The third kappa shape index (κ3) is 6.96. The van der Waals surface area contributed by atoms with Crippen LogP contribution in [0.4, 0.5) is 4.79 Å². The fourth-order valence-electron chi connectivity index (χ4n) is 4.57. The lowest BCUT2D eigenvalue weighted by Gasteiger charge is -2.34. The number of nitrogens with one attached hydrogen (secondary N) is 2. The van der Waals surface area contributed by atoms with E-state index in [0.29, 0.717) is 0 Å². The molecule has 0 radical (unpaired) electrons. The number of hydrogen-bond donors (Lipinski definition) is 2. The van der Waals surface area contributed by atoms with Crippen LogP contribution in [0.15, 0.2) is 54.6 Å². The van der Waals surface area contributed by atoms with Gasteiger partial charge in [-0.1, -0.05) is 54.1 Å². The van der Waals surface area contributed by atoms with Gasteiger partial charge in [0.25, 0.3) is 0 Å². The summed E-state index contributed by atoms with van der Waals surface area (Å²) in [7, 11) is 0. The Morgan fingerprint density at radius 1 is 0.742 bits per heavy atom. The molecule has 0 atom stereocenters. The van der Waals surface area contributed by atoms with E-state index in [4.69, 9.17) is 11.6 Å². The van der Waals surface area contributed by atoms with Crippen LogP contribution in [0.25, 0.3) is 0 Å². The number of likely N-dealkylation sites (tertiary alicyclic amines) is 2. The molecule has 0 aliphatic carbocycles. The lowest BCUT2D eigenvalue weighted by atomic mass is 10.0. The molecular formula is C25H33ClN4O. The van der Waals surface area contributed by atoms with Crippen molar-refractivity contribution in [3.8, 4) is 0 Å². The maximum Gasteiger partial charge on any atom is 0.315 e. The third-order valence-electron chi connectivity index (χ3n) is 6.41. The van der Waals surface area contributed by atoms with Gasteiger partial charge in [-0.3, -0.25) is 9.80 Å². The number of rotatable bonds is 6. The Labute approximate surface area is 190 Å². The van der Waals surface area contributed by atoms with Crippen molar-refractivity contribution < 1.29 is 4.79 Å². The molecule has 0 spiro atoms. The summed E-state index contributed by atoms with van der Waals surface area (Å²) < 4.78 is 0. The normalized spacial score (nSPS) is 19.3. The summed E-state index contributed by atoms with van der Waals surface area (Å²) in [5.74, 6) is 0. The predicted molar refractivity (Wildman–Crippen MR) is 126 cm³/mol. The van der Waals surface area contributed by atoms with Gasteiger partial charge in [-0.15, -0.1) is 0 Å². The smallest absolute Gasteiger partial charge is 0.315 e. The molecule has 2 heterocycles. The van der Waals surface area contributed by atoms with Gasteiger partial charge in [0.15, 0.2) is 0 Å². The van der Waals surface area contributed by atoms with Gasteiger partial charge in [0.05, 0.1) is 0 Å². The fourth-order valence-corrected chi connectivity index (χ4v) is 4.70. The molecule has 0 unspecified atom stereocenters. The SMILES string of the molecule is O=C(NC1CCN(Cc2ccccc2)CC1)NC1CCN(Cc2ccc(Cl)cc2)CC1. The second-order valence-corrected chi connectivity index (χ2v) is 9.27. The van der Waals surface area contributed by atoms with E-state index in [2.05, 4.69) is 62.9 Å². The Balaban J connectivity index is 1.12. The molecule has 0 saturated carbocycles. The molecule has 2 amide bonds. The van der Waals surface area contributed by atoms with E-state index in [1.165, 1.54) is 11.1 Å². The first-order valence-electron chi connectivity index (χ1n) is 11.4. The zero-order valence-electron chi connectivity index (χ0n) is 18.1. The number of halogens is 1. The highest BCUT2D eigenvalue weighted by Crippen LogP contribution is 2.17. The van der Waals surface area contributed by atoms with Gasteiger partial charge in [-0.05, 0) is 48.9 Å². The maximum absolute atomic E-state index is 12.5. The summed E-state index contributed by atoms with van der Waals surface area (Å²) in [5.41, 5.74) is 2.64. The number of amides is 2. The van der Waals surface area contributed by atoms with Crippen molar-refractivity contribution in [1.82, 2.24) is 20.4 Å². The van der Waals surface area contributed by atoms with Gasteiger partial charge in [-0.25, -0.2) is 4.79 Å². The topological polar surface area (TPSA) is 47.6 Å². The lowest BCUT2D eigenvalue weighted by molar-refractivity contribution is 0.174. The van der Waals surface area contributed by atoms with E-state index in [9.17, 15) is 4.79 Å². The van der Waals surface area contributed by atoms with Crippen LogP contribution in [-0.2, 0) is 13.1 Å². The molecule has 6 heteroatoms. The second-order valence-electron chi connectivity index (χ2n) is 8.83. The van der Waals surface area contributed by atoms with Crippen molar-refractivity contribution in [2.75, 3.05) is 26.2 Å². The first-order chi connectivity index (χ1) is 15.1. The van der Waals surface area contributed by atoms with E-state index >= 15 is 0 Å². The minimum absolute atomic E-state index is 0.00217. The molecule has 2 saturated heterocycles. The second kappa shape index (κ2) is 11.0. The highest BCUT2D eigenvalue weighted by molar-refractivity contribution is 6.30. The van der Waals surface area contributed by atoms with Crippen LogP contribution in [0.5, 0.6) is 0 Å². The molecule has 2 aliphatic heterocycles. The first-order valence-corrected chi connectivity index (χ1v) is 11.8. The van der Waals surface area contributed by atoms with Crippen molar-refractivity contribution in [3.05, 3.63) is 70.7 Å². The molecule has 2 fully saturated rings. The quantitative estimate of drug-likeness (QED) is 0.705. The minimum atomic E-state index is -0.00217. The van der Waals surface area contributed by atoms with Crippen molar-refractivity contribution in [2.45, 2.75) is 50.9 Å². The summed E-state index contributed by atoms with van der Waals surface area (Å²) in [6, 6.07) is 19.2. The maximum atomic E-state index is 12.5. The van der Waals surface area contributed by atoms with Gasteiger partial charge >= 0.3 is 6.03 Å². The van der Waals surface area contributed by atoms with E-state index in [0.717, 1.165) is 70.0 Å². The molecule has 2 aromatic carbocycles. The van der Waals surface area contributed by atoms with Crippen molar-refractivity contribution in [2.24, 2.45) is 0 Å². The number of carbonyl (C=O) groups is 1. The monoisotopic (exact) mass is 440 g/mol. The molecule has 0 bridgehead atoms. The number of carbonyl (C=O) groups excluding carboxylic acids is 1. The number of urea groups is 1. The Bertz CT molecular complexity index is 813. The number of benzene rings is 2. The summed E-state index contributed by atoms with van der Waals surface area (Å²) >= 11 is 5.97. The number of nitrogens with zero attached hydrogens (tertiary/aromatic N) is 2. The van der Waals surface area contributed by atoms with Crippen LogP contribution in [0, 0.1) is 0 Å². The van der Waals surface area contributed by atoms with Crippen LogP contribution >= 0.6 is 11.6 Å². The number of piperidine rings is 2. The molecule has 4 rings (SSSR count). The average molecular weight is 441 g/mol.